The van der Waals surface area contributed by atoms with Crippen LogP contribution >= 0.6 is 0 Å². The molecule has 0 heterocycles. The SMILES string of the molecule is CCC(Oc1ccccc1)C(=O)N(CCCO)C1CCC1. The van der Waals surface area contributed by atoms with Gasteiger partial charge in [0.1, 0.15) is 5.75 Å². The second-order valence-corrected chi connectivity index (χ2v) is 5.52. The minimum atomic E-state index is -0.438. The molecule has 1 aromatic carbocycles. The fraction of sp³-hybridized carbons (Fsp3) is 0.588. The number of ether oxygens (including phenoxy) is 1. The summed E-state index contributed by atoms with van der Waals surface area (Å²) in [6.07, 6.45) is 4.16. The zero-order chi connectivity index (χ0) is 15.1. The van der Waals surface area contributed by atoms with Crippen molar-refractivity contribution in [3.63, 3.8) is 0 Å². The standard InChI is InChI=1S/C17H25NO3/c1-2-16(21-15-10-4-3-5-11-15)17(20)18(12-7-13-19)14-8-6-9-14/h3-5,10-11,14,16,19H,2,6-9,12-13H2,1H3. The Bertz CT molecular complexity index is 431. The first-order valence-electron chi connectivity index (χ1n) is 7.89. The van der Waals surface area contributed by atoms with Gasteiger partial charge in [0.2, 0.25) is 0 Å². The normalized spacial score (nSPS) is 16.1. The molecule has 2 rings (SSSR count). The van der Waals surface area contributed by atoms with E-state index in [0.29, 0.717) is 25.4 Å². The van der Waals surface area contributed by atoms with E-state index in [1.54, 1.807) is 0 Å². The predicted molar refractivity (Wildman–Crippen MR) is 82.2 cm³/mol. The van der Waals surface area contributed by atoms with Crippen LogP contribution in [0.15, 0.2) is 30.3 Å². The maximum Gasteiger partial charge on any atom is 0.263 e. The zero-order valence-corrected chi connectivity index (χ0v) is 12.7. The Kier molecular flexibility index (Phi) is 6.05. The van der Waals surface area contributed by atoms with Crippen LogP contribution in [0, 0.1) is 0 Å². The quantitative estimate of drug-likeness (QED) is 0.801. The van der Waals surface area contributed by atoms with Gasteiger partial charge >= 0.3 is 0 Å². The summed E-state index contributed by atoms with van der Waals surface area (Å²) in [7, 11) is 0. The van der Waals surface area contributed by atoms with Crippen molar-refractivity contribution in [2.45, 2.75) is 51.2 Å². The van der Waals surface area contributed by atoms with E-state index < -0.39 is 6.10 Å². The average Bonchev–Trinajstić information content (AvgIpc) is 2.47. The van der Waals surface area contributed by atoms with E-state index in [1.165, 1.54) is 6.42 Å². The van der Waals surface area contributed by atoms with Gasteiger partial charge in [-0.3, -0.25) is 4.79 Å². The second-order valence-electron chi connectivity index (χ2n) is 5.52. The van der Waals surface area contributed by atoms with Gasteiger partial charge in [0.15, 0.2) is 6.10 Å². The highest BCUT2D eigenvalue weighted by atomic mass is 16.5. The lowest BCUT2D eigenvalue weighted by Gasteiger charge is -2.39. The molecule has 0 aromatic heterocycles. The molecule has 1 amide bonds. The monoisotopic (exact) mass is 291 g/mol. The summed E-state index contributed by atoms with van der Waals surface area (Å²) in [6.45, 7) is 2.71. The van der Waals surface area contributed by atoms with Crippen LogP contribution in [0.4, 0.5) is 0 Å². The van der Waals surface area contributed by atoms with Gasteiger partial charge in [-0.1, -0.05) is 25.1 Å². The molecule has 1 unspecified atom stereocenters. The van der Waals surface area contributed by atoms with Crippen LogP contribution in [0.5, 0.6) is 5.75 Å². The van der Waals surface area contributed by atoms with Gasteiger partial charge in [0, 0.05) is 19.2 Å². The molecule has 116 valence electrons. The highest BCUT2D eigenvalue weighted by Gasteiger charge is 2.32. The molecule has 0 spiro atoms. The van der Waals surface area contributed by atoms with Gasteiger partial charge < -0.3 is 14.7 Å². The van der Waals surface area contributed by atoms with Crippen LogP contribution in [0.2, 0.25) is 0 Å². The molecule has 1 atom stereocenters. The van der Waals surface area contributed by atoms with E-state index in [-0.39, 0.29) is 12.5 Å². The molecule has 0 saturated heterocycles. The summed E-state index contributed by atoms with van der Waals surface area (Å²) in [4.78, 5) is 14.7. The third-order valence-electron chi connectivity index (χ3n) is 4.02. The van der Waals surface area contributed by atoms with E-state index in [0.717, 1.165) is 18.6 Å². The van der Waals surface area contributed by atoms with Gasteiger partial charge in [-0.05, 0) is 44.2 Å². The van der Waals surface area contributed by atoms with Gasteiger partial charge in [0.25, 0.3) is 5.91 Å². The van der Waals surface area contributed by atoms with Crippen LogP contribution in [0.3, 0.4) is 0 Å². The summed E-state index contributed by atoms with van der Waals surface area (Å²) in [6, 6.07) is 9.81. The summed E-state index contributed by atoms with van der Waals surface area (Å²) in [5.41, 5.74) is 0. The Morgan fingerprint density at radius 3 is 2.62 bits per heavy atom. The Morgan fingerprint density at radius 1 is 1.38 bits per heavy atom. The Labute approximate surface area is 126 Å². The molecule has 1 N–H and O–H groups in total. The molecule has 0 radical (unpaired) electrons. The third kappa shape index (κ3) is 4.21. The number of aliphatic hydroxyl groups excluding tert-OH is 1. The minimum absolute atomic E-state index is 0.0551. The van der Waals surface area contributed by atoms with Crippen molar-refractivity contribution in [2.75, 3.05) is 13.2 Å². The Hall–Kier alpha value is -1.55. The molecule has 0 aliphatic heterocycles. The fourth-order valence-electron chi connectivity index (χ4n) is 2.57. The molecule has 4 nitrogen and oxygen atoms in total. The molecule has 21 heavy (non-hydrogen) atoms. The average molecular weight is 291 g/mol. The summed E-state index contributed by atoms with van der Waals surface area (Å²) < 4.78 is 5.85. The number of amides is 1. The van der Waals surface area contributed by atoms with Crippen LogP contribution in [-0.4, -0.2) is 41.2 Å². The molecular weight excluding hydrogens is 266 g/mol. The first-order valence-corrected chi connectivity index (χ1v) is 7.89. The topological polar surface area (TPSA) is 49.8 Å². The lowest BCUT2D eigenvalue weighted by atomic mass is 9.91. The van der Waals surface area contributed by atoms with Gasteiger partial charge in [-0.15, -0.1) is 0 Å². The van der Waals surface area contributed by atoms with E-state index in [9.17, 15) is 4.79 Å². The number of hydrogen-bond donors (Lipinski definition) is 1. The largest absolute Gasteiger partial charge is 0.481 e. The number of benzene rings is 1. The van der Waals surface area contributed by atoms with Crippen LogP contribution in [0.25, 0.3) is 0 Å². The second kappa shape index (κ2) is 8.03. The molecule has 4 heteroatoms. The zero-order valence-electron chi connectivity index (χ0n) is 12.7. The summed E-state index contributed by atoms with van der Waals surface area (Å²) >= 11 is 0. The number of carbonyl (C=O) groups excluding carboxylic acids is 1. The number of carbonyl (C=O) groups is 1. The number of rotatable bonds is 8. The van der Waals surface area contributed by atoms with E-state index >= 15 is 0 Å². The van der Waals surface area contributed by atoms with E-state index in [1.807, 2.05) is 42.2 Å². The van der Waals surface area contributed by atoms with Crippen molar-refractivity contribution in [3.05, 3.63) is 30.3 Å². The van der Waals surface area contributed by atoms with Gasteiger partial charge in [-0.25, -0.2) is 0 Å². The first kappa shape index (κ1) is 15.8. The lowest BCUT2D eigenvalue weighted by molar-refractivity contribution is -0.143. The van der Waals surface area contributed by atoms with Gasteiger partial charge in [0.05, 0.1) is 0 Å². The van der Waals surface area contributed by atoms with Crippen LogP contribution in [-0.2, 0) is 4.79 Å². The van der Waals surface area contributed by atoms with Crippen molar-refractivity contribution < 1.29 is 14.6 Å². The highest BCUT2D eigenvalue weighted by molar-refractivity contribution is 5.81. The fourth-order valence-corrected chi connectivity index (χ4v) is 2.57. The molecule has 1 saturated carbocycles. The first-order chi connectivity index (χ1) is 10.3. The molecule has 1 aliphatic carbocycles. The summed E-state index contributed by atoms with van der Waals surface area (Å²) in [5.74, 6) is 0.785. The molecular formula is C17H25NO3. The van der Waals surface area contributed by atoms with Crippen molar-refractivity contribution in [1.29, 1.82) is 0 Å². The molecule has 0 bridgehead atoms. The van der Waals surface area contributed by atoms with Crippen LogP contribution in [0.1, 0.15) is 39.0 Å². The molecule has 1 aromatic rings. The van der Waals surface area contributed by atoms with Gasteiger partial charge in [-0.2, -0.15) is 0 Å². The minimum Gasteiger partial charge on any atom is -0.481 e. The Balaban J connectivity index is 2.01. The smallest absolute Gasteiger partial charge is 0.263 e. The van der Waals surface area contributed by atoms with Crippen LogP contribution < -0.4 is 4.74 Å². The maximum absolute atomic E-state index is 12.7. The summed E-state index contributed by atoms with van der Waals surface area (Å²) in [5, 5.41) is 9.03. The highest BCUT2D eigenvalue weighted by Crippen LogP contribution is 2.26. The van der Waals surface area contributed by atoms with E-state index in [2.05, 4.69) is 0 Å². The van der Waals surface area contributed by atoms with Crippen molar-refractivity contribution >= 4 is 5.91 Å². The number of para-hydroxylation sites is 1. The number of nitrogens with zero attached hydrogens (tertiary/aromatic N) is 1. The molecule has 1 aliphatic rings. The number of hydrogen-bond acceptors (Lipinski definition) is 3. The predicted octanol–water partition coefficient (Wildman–Crippen LogP) is 2.61. The molecule has 1 fully saturated rings. The van der Waals surface area contributed by atoms with Crippen molar-refractivity contribution in [1.82, 2.24) is 4.90 Å². The Morgan fingerprint density at radius 2 is 2.10 bits per heavy atom. The number of aliphatic hydroxyl groups is 1. The third-order valence-corrected chi connectivity index (χ3v) is 4.02. The maximum atomic E-state index is 12.7. The van der Waals surface area contributed by atoms with Crippen molar-refractivity contribution in [2.24, 2.45) is 0 Å². The van der Waals surface area contributed by atoms with Crippen molar-refractivity contribution in [3.8, 4) is 5.75 Å². The van der Waals surface area contributed by atoms with E-state index in [4.69, 9.17) is 9.84 Å². The lowest BCUT2D eigenvalue weighted by Crippen LogP contribution is -2.50.